The van der Waals surface area contributed by atoms with Crippen LogP contribution in [0.4, 0.5) is 0 Å². The summed E-state index contributed by atoms with van der Waals surface area (Å²) in [5.41, 5.74) is 3.21. The van der Waals surface area contributed by atoms with E-state index in [0.717, 1.165) is 11.1 Å². The van der Waals surface area contributed by atoms with Crippen LogP contribution in [0.25, 0.3) is 17.2 Å². The first-order valence-corrected chi connectivity index (χ1v) is 9.02. The van der Waals surface area contributed by atoms with Crippen LogP contribution >= 0.6 is 12.2 Å². The summed E-state index contributed by atoms with van der Waals surface area (Å²) in [6.07, 6.45) is 3.08. The largest absolute Gasteiger partial charge is 0.298 e. The van der Waals surface area contributed by atoms with E-state index in [4.69, 9.17) is 12.2 Å². The van der Waals surface area contributed by atoms with Crippen LogP contribution in [0.5, 0.6) is 0 Å². The smallest absolute Gasteiger partial charge is 0.265 e. The predicted molar refractivity (Wildman–Crippen MR) is 113 cm³/mol. The molecule has 1 saturated heterocycles. The average Bonchev–Trinajstić information content (AvgIpc) is 2.69. The number of nitrogens with zero attached hydrogens (tertiary/aromatic N) is 1. The number of thiocarbonyl (C=S) groups is 1. The van der Waals surface area contributed by atoms with Crippen molar-refractivity contribution in [2.24, 2.45) is 0 Å². The van der Waals surface area contributed by atoms with Crippen molar-refractivity contribution in [3.8, 4) is 11.1 Å². The molecule has 140 valence electrons. The molecule has 3 rings (SSSR count). The van der Waals surface area contributed by atoms with Crippen LogP contribution in [0.3, 0.4) is 0 Å². The summed E-state index contributed by atoms with van der Waals surface area (Å²) in [4.78, 5) is 37.6. The third-order valence-corrected chi connectivity index (χ3v) is 4.64. The first kappa shape index (κ1) is 19.4. The van der Waals surface area contributed by atoms with Crippen molar-refractivity contribution in [1.29, 1.82) is 0 Å². The zero-order valence-electron chi connectivity index (χ0n) is 15.3. The van der Waals surface area contributed by atoms with E-state index in [0.29, 0.717) is 11.1 Å². The van der Waals surface area contributed by atoms with Gasteiger partial charge >= 0.3 is 0 Å². The summed E-state index contributed by atoms with van der Waals surface area (Å²) >= 11 is 5.04. The first-order chi connectivity index (χ1) is 13.4. The molecule has 2 aromatic carbocycles. The number of Topliss-reactive ketones (excluding diaryl/α,β-unsaturated/α-hetero) is 1. The van der Waals surface area contributed by atoms with Gasteiger partial charge < -0.3 is 0 Å². The molecule has 0 unspecified atom stereocenters. The number of nitrogens with one attached hydrogen (secondary N) is 1. The minimum atomic E-state index is -0.520. The maximum atomic E-state index is 12.6. The molecular formula is C22H18N2O3S. The summed E-state index contributed by atoms with van der Waals surface area (Å²) in [5, 5.41) is 2.60. The number of rotatable bonds is 5. The molecule has 0 aromatic heterocycles. The minimum absolute atomic E-state index is 0.00650. The van der Waals surface area contributed by atoms with Crippen molar-refractivity contribution in [3.63, 3.8) is 0 Å². The van der Waals surface area contributed by atoms with Crippen LogP contribution in [-0.4, -0.2) is 34.2 Å². The fourth-order valence-electron chi connectivity index (χ4n) is 2.85. The molecule has 1 N–H and O–H groups in total. The third kappa shape index (κ3) is 3.97. The van der Waals surface area contributed by atoms with E-state index in [9.17, 15) is 14.4 Å². The molecule has 0 spiro atoms. The highest BCUT2D eigenvalue weighted by atomic mass is 32.1. The SMILES string of the molecule is C=CCN1C(=O)C(=Cc2ccc(-c3cccc(C(C)=O)c3)cc2)C(=O)NC1=S. The van der Waals surface area contributed by atoms with Crippen molar-refractivity contribution >= 4 is 41.0 Å². The fraction of sp³-hybridized carbons (Fsp3) is 0.0909. The Morgan fingerprint density at radius 2 is 1.86 bits per heavy atom. The lowest BCUT2D eigenvalue weighted by molar-refractivity contribution is -0.128. The van der Waals surface area contributed by atoms with Crippen molar-refractivity contribution in [2.75, 3.05) is 6.54 Å². The summed E-state index contributed by atoms with van der Waals surface area (Å²) < 4.78 is 0. The molecule has 0 radical (unpaired) electrons. The van der Waals surface area contributed by atoms with Gasteiger partial charge in [-0.05, 0) is 48.0 Å². The monoisotopic (exact) mass is 390 g/mol. The lowest BCUT2D eigenvalue weighted by atomic mass is 9.99. The highest BCUT2D eigenvalue weighted by molar-refractivity contribution is 7.80. The molecule has 0 atom stereocenters. The molecular weight excluding hydrogens is 372 g/mol. The van der Waals surface area contributed by atoms with Gasteiger partial charge in [-0.3, -0.25) is 24.6 Å². The lowest BCUT2D eigenvalue weighted by Gasteiger charge is -2.27. The van der Waals surface area contributed by atoms with E-state index in [1.165, 1.54) is 17.9 Å². The minimum Gasteiger partial charge on any atom is -0.298 e. The zero-order valence-corrected chi connectivity index (χ0v) is 16.1. The molecule has 0 saturated carbocycles. The van der Waals surface area contributed by atoms with Gasteiger partial charge in [0, 0.05) is 12.1 Å². The Morgan fingerprint density at radius 3 is 2.50 bits per heavy atom. The fourth-order valence-corrected chi connectivity index (χ4v) is 3.10. The van der Waals surface area contributed by atoms with Crippen molar-refractivity contribution in [2.45, 2.75) is 6.92 Å². The molecule has 1 aliphatic rings. The molecule has 0 bridgehead atoms. The number of carbonyl (C=O) groups excluding carboxylic acids is 3. The van der Waals surface area contributed by atoms with Crippen LogP contribution in [0.15, 0.2) is 66.8 Å². The van der Waals surface area contributed by atoms with E-state index in [-0.39, 0.29) is 23.0 Å². The van der Waals surface area contributed by atoms with E-state index < -0.39 is 11.8 Å². The summed E-state index contributed by atoms with van der Waals surface area (Å²) in [5.74, 6) is -0.965. The van der Waals surface area contributed by atoms with Gasteiger partial charge in [-0.25, -0.2) is 0 Å². The van der Waals surface area contributed by atoms with E-state index >= 15 is 0 Å². The van der Waals surface area contributed by atoms with E-state index in [1.54, 1.807) is 12.1 Å². The van der Waals surface area contributed by atoms with Crippen molar-refractivity contribution in [1.82, 2.24) is 10.2 Å². The molecule has 1 fully saturated rings. The van der Waals surface area contributed by atoms with Gasteiger partial charge in [-0.1, -0.05) is 48.5 Å². The van der Waals surface area contributed by atoms with Gasteiger partial charge in [-0.2, -0.15) is 0 Å². The third-order valence-electron chi connectivity index (χ3n) is 4.32. The van der Waals surface area contributed by atoms with Crippen LogP contribution in [0, 0.1) is 0 Å². The van der Waals surface area contributed by atoms with Gasteiger partial charge in [0.15, 0.2) is 10.9 Å². The topological polar surface area (TPSA) is 66.5 Å². The Balaban J connectivity index is 1.89. The number of ketones is 1. The molecule has 1 heterocycles. The maximum absolute atomic E-state index is 12.6. The van der Waals surface area contributed by atoms with E-state index in [2.05, 4.69) is 11.9 Å². The molecule has 28 heavy (non-hydrogen) atoms. The van der Waals surface area contributed by atoms with Crippen molar-refractivity contribution < 1.29 is 14.4 Å². The van der Waals surface area contributed by atoms with Gasteiger partial charge in [0.1, 0.15) is 5.57 Å². The second kappa shape index (κ2) is 8.10. The second-order valence-corrected chi connectivity index (χ2v) is 6.67. The maximum Gasteiger partial charge on any atom is 0.265 e. The Kier molecular flexibility index (Phi) is 5.61. The van der Waals surface area contributed by atoms with Crippen molar-refractivity contribution in [3.05, 3.63) is 77.9 Å². The second-order valence-electron chi connectivity index (χ2n) is 6.28. The molecule has 5 nitrogen and oxygen atoms in total. The molecule has 0 aliphatic carbocycles. The number of benzene rings is 2. The van der Waals surface area contributed by atoms with Crippen LogP contribution in [0.1, 0.15) is 22.8 Å². The molecule has 1 aliphatic heterocycles. The normalized spacial score (nSPS) is 15.5. The standard InChI is InChI=1S/C22H18N2O3S/c1-3-11-24-21(27)19(20(26)23-22(24)28)12-15-7-9-16(10-8-15)18-6-4-5-17(13-18)14(2)25/h3-10,12-13H,1,11H2,2H3,(H,23,26,28). The van der Waals surface area contributed by atoms with Crippen LogP contribution in [-0.2, 0) is 9.59 Å². The number of hydrogen-bond acceptors (Lipinski definition) is 4. The highest BCUT2D eigenvalue weighted by Crippen LogP contribution is 2.23. The van der Waals surface area contributed by atoms with Gasteiger partial charge in [0.25, 0.3) is 11.8 Å². The number of amides is 2. The van der Waals surface area contributed by atoms with Gasteiger partial charge in [-0.15, -0.1) is 6.58 Å². The Labute approximate surface area is 168 Å². The Hall–Kier alpha value is -3.38. The first-order valence-electron chi connectivity index (χ1n) is 8.62. The molecule has 2 aromatic rings. The summed E-state index contributed by atoms with van der Waals surface area (Å²) in [6, 6.07) is 14.8. The quantitative estimate of drug-likeness (QED) is 0.279. The lowest BCUT2D eigenvalue weighted by Crippen LogP contribution is -2.53. The summed E-state index contributed by atoms with van der Waals surface area (Å²) in [7, 11) is 0. The average molecular weight is 390 g/mol. The zero-order chi connectivity index (χ0) is 20.3. The number of hydrogen-bond donors (Lipinski definition) is 1. The Morgan fingerprint density at radius 1 is 1.14 bits per heavy atom. The Bertz CT molecular complexity index is 1020. The summed E-state index contributed by atoms with van der Waals surface area (Å²) in [6.45, 7) is 5.35. The van der Waals surface area contributed by atoms with Crippen LogP contribution in [0.2, 0.25) is 0 Å². The van der Waals surface area contributed by atoms with Gasteiger partial charge in [0.2, 0.25) is 0 Å². The van der Waals surface area contributed by atoms with Gasteiger partial charge in [0.05, 0.1) is 0 Å². The highest BCUT2D eigenvalue weighted by Gasteiger charge is 2.32. The predicted octanol–water partition coefficient (Wildman–Crippen LogP) is 3.37. The van der Waals surface area contributed by atoms with E-state index in [1.807, 2.05) is 42.5 Å². The van der Waals surface area contributed by atoms with Crippen LogP contribution < -0.4 is 5.32 Å². The molecule has 2 amide bonds. The molecule has 6 heteroatoms. The number of carbonyl (C=O) groups is 3.